The molecule has 0 amide bonds. The van der Waals surface area contributed by atoms with E-state index in [1.807, 2.05) is 58.0 Å². The quantitative estimate of drug-likeness (QED) is 0.510. The van der Waals surface area contributed by atoms with E-state index in [1.54, 1.807) is 12.1 Å². The van der Waals surface area contributed by atoms with Gasteiger partial charge >= 0.3 is 0 Å². The van der Waals surface area contributed by atoms with Gasteiger partial charge in [0, 0.05) is 5.56 Å². The van der Waals surface area contributed by atoms with Crippen molar-refractivity contribution in [1.82, 2.24) is 0 Å². The van der Waals surface area contributed by atoms with Crippen molar-refractivity contribution in [2.75, 3.05) is 0 Å². The molecule has 4 nitrogen and oxygen atoms in total. The lowest BCUT2D eigenvalue weighted by atomic mass is 9.87. The Bertz CT molecular complexity index is 973. The van der Waals surface area contributed by atoms with Crippen LogP contribution in [-0.2, 0) is 0 Å². The molecule has 4 N–H and O–H groups in total. The Labute approximate surface area is 159 Å². The molecule has 0 radical (unpaired) electrons. The number of hydrogen-bond donors (Lipinski definition) is 4. The van der Waals surface area contributed by atoms with Gasteiger partial charge in [0.15, 0.2) is 6.29 Å². The summed E-state index contributed by atoms with van der Waals surface area (Å²) in [5, 5.41) is 40.1. The normalized spacial score (nSPS) is 11.2. The minimum Gasteiger partial charge on any atom is -0.507 e. The SMILES string of the molecule is Cc1cc(-c2cccc(C(O)O)c2-c2cc(C)c(O)c(C)c2)cc(C)c1O. The van der Waals surface area contributed by atoms with E-state index >= 15 is 0 Å². The molecule has 0 aliphatic heterocycles. The van der Waals surface area contributed by atoms with Crippen LogP contribution in [0.3, 0.4) is 0 Å². The summed E-state index contributed by atoms with van der Waals surface area (Å²) in [6.07, 6.45) is -1.63. The van der Waals surface area contributed by atoms with Gasteiger partial charge in [0.1, 0.15) is 11.5 Å². The van der Waals surface area contributed by atoms with E-state index in [0.717, 1.165) is 38.9 Å². The van der Waals surface area contributed by atoms with Crippen LogP contribution in [-0.4, -0.2) is 20.4 Å². The fourth-order valence-electron chi connectivity index (χ4n) is 3.56. The summed E-state index contributed by atoms with van der Waals surface area (Å²) in [7, 11) is 0. The van der Waals surface area contributed by atoms with E-state index in [-0.39, 0.29) is 11.5 Å². The van der Waals surface area contributed by atoms with Gasteiger partial charge in [0.05, 0.1) is 0 Å². The Morgan fingerprint density at radius 1 is 0.667 bits per heavy atom. The van der Waals surface area contributed by atoms with E-state index in [2.05, 4.69) is 0 Å². The Kier molecular flexibility index (Phi) is 4.96. The molecule has 0 heterocycles. The molecule has 0 fully saturated rings. The van der Waals surface area contributed by atoms with Crippen LogP contribution < -0.4 is 0 Å². The maximum Gasteiger partial charge on any atom is 0.179 e. The fourth-order valence-corrected chi connectivity index (χ4v) is 3.56. The van der Waals surface area contributed by atoms with Gasteiger partial charge in [-0.05, 0) is 96.5 Å². The smallest absolute Gasteiger partial charge is 0.179 e. The van der Waals surface area contributed by atoms with Crippen LogP contribution in [0.5, 0.6) is 11.5 Å². The molecule has 0 bridgehead atoms. The zero-order chi connectivity index (χ0) is 19.9. The number of benzene rings is 3. The van der Waals surface area contributed by atoms with Gasteiger partial charge in [-0.3, -0.25) is 0 Å². The van der Waals surface area contributed by atoms with Crippen molar-refractivity contribution < 1.29 is 20.4 Å². The van der Waals surface area contributed by atoms with Gasteiger partial charge < -0.3 is 20.4 Å². The standard InChI is InChI=1S/C23H24O4/c1-12-8-16(9-13(2)21(12)24)18-6-5-7-19(23(26)27)20(18)17-10-14(3)22(25)15(4)11-17/h5-11,23-27H,1-4H3. The lowest BCUT2D eigenvalue weighted by molar-refractivity contribution is -0.0420. The van der Waals surface area contributed by atoms with Crippen LogP contribution in [0.2, 0.25) is 0 Å². The van der Waals surface area contributed by atoms with Crippen molar-refractivity contribution in [3.63, 3.8) is 0 Å². The Hall–Kier alpha value is -2.82. The van der Waals surface area contributed by atoms with Gasteiger partial charge in [-0.1, -0.05) is 18.2 Å². The molecule has 0 spiro atoms. The van der Waals surface area contributed by atoms with Gasteiger partial charge in [-0.2, -0.15) is 0 Å². The first-order chi connectivity index (χ1) is 12.7. The number of phenols is 2. The number of aryl methyl sites for hydroxylation is 4. The van der Waals surface area contributed by atoms with Crippen molar-refractivity contribution in [2.24, 2.45) is 0 Å². The summed E-state index contributed by atoms with van der Waals surface area (Å²) in [6, 6.07) is 12.8. The highest BCUT2D eigenvalue weighted by Crippen LogP contribution is 2.41. The first-order valence-electron chi connectivity index (χ1n) is 8.81. The second-order valence-electron chi connectivity index (χ2n) is 7.06. The summed E-state index contributed by atoms with van der Waals surface area (Å²) in [5.74, 6) is 0.494. The summed E-state index contributed by atoms with van der Waals surface area (Å²) in [4.78, 5) is 0. The van der Waals surface area contributed by atoms with Gasteiger partial charge in [0.2, 0.25) is 0 Å². The molecule has 3 aromatic rings. The summed E-state index contributed by atoms with van der Waals surface area (Å²) >= 11 is 0. The predicted molar refractivity (Wildman–Crippen MR) is 107 cm³/mol. The minimum atomic E-state index is -1.63. The molecule has 27 heavy (non-hydrogen) atoms. The molecule has 0 saturated heterocycles. The Balaban J connectivity index is 2.36. The van der Waals surface area contributed by atoms with Crippen molar-refractivity contribution in [1.29, 1.82) is 0 Å². The van der Waals surface area contributed by atoms with Crippen LogP contribution in [0.25, 0.3) is 22.3 Å². The van der Waals surface area contributed by atoms with Crippen LogP contribution in [0.4, 0.5) is 0 Å². The number of aromatic hydroxyl groups is 2. The maximum absolute atomic E-state index is 10.1. The molecule has 0 aromatic heterocycles. The molecule has 3 aromatic carbocycles. The number of aliphatic hydroxyl groups is 2. The van der Waals surface area contributed by atoms with Gasteiger partial charge in [0.25, 0.3) is 0 Å². The predicted octanol–water partition coefficient (Wildman–Crippen LogP) is 4.65. The molecule has 0 atom stereocenters. The molecular weight excluding hydrogens is 340 g/mol. The van der Waals surface area contributed by atoms with Crippen molar-refractivity contribution in [3.8, 4) is 33.8 Å². The first-order valence-corrected chi connectivity index (χ1v) is 8.81. The van der Waals surface area contributed by atoms with Crippen LogP contribution in [0.1, 0.15) is 34.1 Å². The lowest BCUT2D eigenvalue weighted by Gasteiger charge is -2.19. The number of phenolic OH excluding ortho intramolecular Hbond substituents is 2. The average Bonchev–Trinajstić information content (AvgIpc) is 2.62. The summed E-state index contributed by atoms with van der Waals surface area (Å²) < 4.78 is 0. The van der Waals surface area contributed by atoms with E-state index in [1.165, 1.54) is 0 Å². The van der Waals surface area contributed by atoms with Crippen molar-refractivity contribution in [3.05, 3.63) is 70.3 Å². The number of aliphatic hydroxyl groups excluding tert-OH is 1. The third kappa shape index (κ3) is 3.42. The fraction of sp³-hybridized carbons (Fsp3) is 0.217. The monoisotopic (exact) mass is 364 g/mol. The third-order valence-corrected chi connectivity index (χ3v) is 4.96. The highest BCUT2D eigenvalue weighted by Gasteiger charge is 2.19. The number of hydrogen-bond acceptors (Lipinski definition) is 4. The van der Waals surface area contributed by atoms with E-state index in [9.17, 15) is 20.4 Å². The summed E-state index contributed by atoms with van der Waals surface area (Å²) in [5.41, 5.74) is 6.54. The minimum absolute atomic E-state index is 0.235. The zero-order valence-corrected chi connectivity index (χ0v) is 15.9. The highest BCUT2D eigenvalue weighted by molar-refractivity contribution is 5.87. The van der Waals surface area contributed by atoms with E-state index in [4.69, 9.17) is 0 Å². The largest absolute Gasteiger partial charge is 0.507 e. The van der Waals surface area contributed by atoms with Gasteiger partial charge in [-0.15, -0.1) is 0 Å². The molecule has 140 valence electrons. The van der Waals surface area contributed by atoms with Gasteiger partial charge in [-0.25, -0.2) is 0 Å². The first kappa shape index (κ1) is 19.0. The molecule has 0 saturated carbocycles. The zero-order valence-electron chi connectivity index (χ0n) is 15.9. The summed E-state index contributed by atoms with van der Waals surface area (Å²) in [6.45, 7) is 7.31. The van der Waals surface area contributed by atoms with E-state index < -0.39 is 6.29 Å². The molecular formula is C23H24O4. The Morgan fingerprint density at radius 3 is 1.56 bits per heavy atom. The lowest BCUT2D eigenvalue weighted by Crippen LogP contribution is -2.01. The maximum atomic E-state index is 10.1. The highest BCUT2D eigenvalue weighted by atomic mass is 16.5. The van der Waals surface area contributed by atoms with E-state index in [0.29, 0.717) is 11.1 Å². The molecule has 0 unspecified atom stereocenters. The number of rotatable bonds is 3. The Morgan fingerprint density at radius 2 is 1.11 bits per heavy atom. The van der Waals surface area contributed by atoms with Crippen LogP contribution in [0.15, 0.2) is 42.5 Å². The van der Waals surface area contributed by atoms with Crippen molar-refractivity contribution in [2.45, 2.75) is 34.0 Å². The second-order valence-corrected chi connectivity index (χ2v) is 7.06. The molecule has 0 aliphatic carbocycles. The second kappa shape index (κ2) is 7.06. The van der Waals surface area contributed by atoms with Crippen LogP contribution in [0, 0.1) is 27.7 Å². The molecule has 4 heteroatoms. The van der Waals surface area contributed by atoms with Crippen molar-refractivity contribution >= 4 is 0 Å². The molecule has 0 aliphatic rings. The third-order valence-electron chi connectivity index (χ3n) is 4.96. The average molecular weight is 364 g/mol. The topological polar surface area (TPSA) is 80.9 Å². The molecule has 3 rings (SSSR count). The van der Waals surface area contributed by atoms with Crippen LogP contribution >= 0.6 is 0 Å².